The number of alkyl halides is 3. The molecule has 0 saturated carbocycles. The fourth-order valence-electron chi connectivity index (χ4n) is 2.25. The molecule has 0 atom stereocenters. The zero-order chi connectivity index (χ0) is 19.4. The maximum Gasteiger partial charge on any atom is 0.417 e. The largest absolute Gasteiger partial charge is 0.423 e. The lowest BCUT2D eigenvalue weighted by Crippen LogP contribution is -2.08. The second-order valence-electron chi connectivity index (χ2n) is 5.38. The number of amides is 1. The Morgan fingerprint density at radius 3 is 2.70 bits per heavy atom. The van der Waals surface area contributed by atoms with Crippen LogP contribution in [0.2, 0.25) is 5.02 Å². The maximum atomic E-state index is 12.9. The van der Waals surface area contributed by atoms with E-state index >= 15 is 0 Å². The van der Waals surface area contributed by atoms with Gasteiger partial charge in [-0.15, -0.1) is 10.2 Å². The number of hydrogen-bond donors (Lipinski definition) is 1. The average molecular weight is 394 g/mol. The van der Waals surface area contributed by atoms with E-state index in [1.807, 2.05) is 0 Å². The van der Waals surface area contributed by atoms with Gasteiger partial charge in [0.1, 0.15) is 0 Å². The summed E-state index contributed by atoms with van der Waals surface area (Å²) in [6, 6.07) is 10.1. The van der Waals surface area contributed by atoms with Gasteiger partial charge in [-0.25, -0.2) is 0 Å². The highest BCUT2D eigenvalue weighted by Crippen LogP contribution is 2.35. The Bertz CT molecular complexity index is 986. The lowest BCUT2D eigenvalue weighted by Gasteiger charge is -2.09. The summed E-state index contributed by atoms with van der Waals surface area (Å²) in [6.45, 7) is 0. The monoisotopic (exact) mass is 393 g/mol. The van der Waals surface area contributed by atoms with E-state index in [1.165, 1.54) is 18.5 Å². The van der Waals surface area contributed by atoms with Crippen LogP contribution in [0.3, 0.4) is 0 Å². The Morgan fingerprint density at radius 2 is 2.00 bits per heavy atom. The summed E-state index contributed by atoms with van der Waals surface area (Å²) in [4.78, 5) is 12.0. The van der Waals surface area contributed by atoms with Crippen LogP contribution in [-0.4, -0.2) is 16.1 Å². The summed E-state index contributed by atoms with van der Waals surface area (Å²) in [6.07, 6.45) is -0.992. The van der Waals surface area contributed by atoms with Gasteiger partial charge in [-0.1, -0.05) is 23.7 Å². The van der Waals surface area contributed by atoms with Crippen LogP contribution >= 0.6 is 11.6 Å². The number of benzene rings is 2. The number of nitrogens with zero attached hydrogens (tertiary/aromatic N) is 2. The van der Waals surface area contributed by atoms with Crippen LogP contribution in [0, 0.1) is 0 Å². The Hall–Kier alpha value is -3.13. The van der Waals surface area contributed by atoms with Gasteiger partial charge < -0.3 is 9.73 Å². The fourth-order valence-corrected chi connectivity index (χ4v) is 2.47. The Labute approximate surface area is 156 Å². The summed E-state index contributed by atoms with van der Waals surface area (Å²) in [5.41, 5.74) is 0.315. The molecule has 0 saturated heterocycles. The van der Waals surface area contributed by atoms with E-state index in [2.05, 4.69) is 15.5 Å². The van der Waals surface area contributed by atoms with Gasteiger partial charge in [-0.05, 0) is 42.0 Å². The molecule has 3 rings (SSSR count). The van der Waals surface area contributed by atoms with Crippen molar-refractivity contribution in [1.29, 1.82) is 0 Å². The molecule has 0 fully saturated rings. The van der Waals surface area contributed by atoms with Gasteiger partial charge in [0.05, 0.1) is 10.6 Å². The Kier molecular flexibility index (Phi) is 5.27. The Balaban J connectivity index is 1.72. The summed E-state index contributed by atoms with van der Waals surface area (Å²) in [7, 11) is 0. The van der Waals surface area contributed by atoms with Crippen LogP contribution in [0.5, 0.6) is 0 Å². The van der Waals surface area contributed by atoms with E-state index in [0.717, 1.165) is 18.2 Å². The quantitative estimate of drug-likeness (QED) is 0.629. The first kappa shape index (κ1) is 18.7. The highest BCUT2D eigenvalue weighted by Gasteiger charge is 2.33. The van der Waals surface area contributed by atoms with Crippen molar-refractivity contribution >= 4 is 29.3 Å². The predicted octanol–water partition coefficient (Wildman–Crippen LogP) is 5.06. The van der Waals surface area contributed by atoms with Crippen molar-refractivity contribution < 1.29 is 22.4 Å². The summed E-state index contributed by atoms with van der Waals surface area (Å²) < 4.78 is 43.7. The molecule has 0 bridgehead atoms. The Morgan fingerprint density at radius 1 is 1.19 bits per heavy atom. The molecule has 0 radical (unpaired) electrons. The molecule has 0 spiro atoms. The minimum Gasteiger partial charge on any atom is -0.423 e. The van der Waals surface area contributed by atoms with Crippen LogP contribution < -0.4 is 5.32 Å². The number of carbonyl (C=O) groups excluding carboxylic acids is 1. The smallest absolute Gasteiger partial charge is 0.417 e. The van der Waals surface area contributed by atoms with Crippen molar-refractivity contribution in [2.75, 3.05) is 5.32 Å². The van der Waals surface area contributed by atoms with Crippen LogP contribution in [0.4, 0.5) is 18.9 Å². The number of halogens is 4. The lowest BCUT2D eigenvalue weighted by atomic mass is 10.1. The van der Waals surface area contributed by atoms with E-state index in [9.17, 15) is 18.0 Å². The molecule has 3 aromatic rings. The van der Waals surface area contributed by atoms with Gasteiger partial charge in [0.2, 0.25) is 18.2 Å². The van der Waals surface area contributed by atoms with Crippen molar-refractivity contribution in [2.45, 2.75) is 6.18 Å². The van der Waals surface area contributed by atoms with E-state index in [0.29, 0.717) is 17.1 Å². The first-order valence-electron chi connectivity index (χ1n) is 7.55. The summed E-state index contributed by atoms with van der Waals surface area (Å²) >= 11 is 5.57. The van der Waals surface area contributed by atoms with Crippen LogP contribution in [0.15, 0.2) is 59.4 Å². The second kappa shape index (κ2) is 7.63. The standard InChI is InChI=1S/C18H11ClF3N3O2/c19-15-6-4-11(8-14(15)18(20,21)22)5-7-16(26)24-13-3-1-2-12(9-13)17-25-23-10-27-17/h1-10H,(H,24,26)/b7-5+. The number of aromatic nitrogens is 2. The summed E-state index contributed by atoms with van der Waals surface area (Å²) in [5.74, 6) is -0.219. The number of carbonyl (C=O) groups is 1. The van der Waals surface area contributed by atoms with Gasteiger partial charge in [-0.3, -0.25) is 4.79 Å². The van der Waals surface area contributed by atoms with E-state index in [-0.39, 0.29) is 5.56 Å². The zero-order valence-electron chi connectivity index (χ0n) is 13.5. The van der Waals surface area contributed by atoms with Crippen molar-refractivity contribution in [2.24, 2.45) is 0 Å². The SMILES string of the molecule is O=C(/C=C/c1ccc(Cl)c(C(F)(F)F)c1)Nc1cccc(-c2nnco2)c1. The predicted molar refractivity (Wildman–Crippen MR) is 93.9 cm³/mol. The molecule has 0 unspecified atom stereocenters. The third-order valence-corrected chi connectivity index (χ3v) is 3.79. The molecule has 1 heterocycles. The zero-order valence-corrected chi connectivity index (χ0v) is 14.3. The maximum absolute atomic E-state index is 12.9. The number of rotatable bonds is 4. The third-order valence-electron chi connectivity index (χ3n) is 3.46. The first-order valence-corrected chi connectivity index (χ1v) is 7.93. The van der Waals surface area contributed by atoms with Gasteiger partial charge in [0.25, 0.3) is 0 Å². The molecule has 0 aliphatic carbocycles. The highest BCUT2D eigenvalue weighted by atomic mass is 35.5. The number of nitrogens with one attached hydrogen (secondary N) is 1. The minimum absolute atomic E-state index is 0.196. The molecular weight excluding hydrogens is 383 g/mol. The molecule has 27 heavy (non-hydrogen) atoms. The molecule has 1 amide bonds. The lowest BCUT2D eigenvalue weighted by molar-refractivity contribution is -0.137. The van der Waals surface area contributed by atoms with Crippen molar-refractivity contribution in [3.63, 3.8) is 0 Å². The topological polar surface area (TPSA) is 68.0 Å². The van der Waals surface area contributed by atoms with Gasteiger partial charge in [-0.2, -0.15) is 13.2 Å². The fraction of sp³-hybridized carbons (Fsp3) is 0.0556. The molecule has 1 N–H and O–H groups in total. The van der Waals surface area contributed by atoms with Crippen molar-refractivity contribution in [1.82, 2.24) is 10.2 Å². The van der Waals surface area contributed by atoms with Crippen LogP contribution in [0.25, 0.3) is 17.5 Å². The van der Waals surface area contributed by atoms with Gasteiger partial charge in [0, 0.05) is 17.3 Å². The van der Waals surface area contributed by atoms with Gasteiger partial charge in [0.15, 0.2) is 0 Å². The molecular formula is C18H11ClF3N3O2. The van der Waals surface area contributed by atoms with Gasteiger partial charge >= 0.3 is 6.18 Å². The average Bonchev–Trinajstić information content (AvgIpc) is 3.15. The molecule has 1 aromatic heterocycles. The molecule has 5 nitrogen and oxygen atoms in total. The first-order chi connectivity index (χ1) is 12.8. The number of hydrogen-bond acceptors (Lipinski definition) is 4. The van der Waals surface area contributed by atoms with E-state index in [1.54, 1.807) is 24.3 Å². The van der Waals surface area contributed by atoms with Crippen LogP contribution in [0.1, 0.15) is 11.1 Å². The molecule has 9 heteroatoms. The molecule has 0 aliphatic heterocycles. The van der Waals surface area contributed by atoms with Crippen molar-refractivity contribution in [3.8, 4) is 11.5 Å². The van der Waals surface area contributed by atoms with Crippen molar-refractivity contribution in [3.05, 3.63) is 71.1 Å². The summed E-state index contributed by atoms with van der Waals surface area (Å²) in [5, 5.41) is 9.56. The van der Waals surface area contributed by atoms with E-state index in [4.69, 9.17) is 16.0 Å². The van der Waals surface area contributed by atoms with E-state index < -0.39 is 22.7 Å². The van der Waals surface area contributed by atoms with Crippen LogP contribution in [-0.2, 0) is 11.0 Å². The number of anilines is 1. The molecule has 2 aromatic carbocycles. The third kappa shape index (κ3) is 4.73. The normalized spacial score (nSPS) is 11.7. The molecule has 0 aliphatic rings. The minimum atomic E-state index is -4.57. The second-order valence-corrected chi connectivity index (χ2v) is 5.79. The highest BCUT2D eigenvalue weighted by molar-refractivity contribution is 6.31. The molecule has 138 valence electrons.